The van der Waals surface area contributed by atoms with Crippen molar-refractivity contribution in [1.29, 1.82) is 0 Å². The van der Waals surface area contributed by atoms with Crippen molar-refractivity contribution in [2.24, 2.45) is 13.0 Å². The summed E-state index contributed by atoms with van der Waals surface area (Å²) in [6, 6.07) is 2.31. The maximum atomic E-state index is 12.4. The Hall–Kier alpha value is -2.15. The van der Waals surface area contributed by atoms with E-state index in [-0.39, 0.29) is 11.9 Å². The third kappa shape index (κ3) is 3.28. The molecule has 1 aliphatic carbocycles. The fourth-order valence-electron chi connectivity index (χ4n) is 3.91. The van der Waals surface area contributed by atoms with Crippen LogP contribution in [0.2, 0.25) is 0 Å². The number of amides is 1. The molecule has 26 heavy (non-hydrogen) atoms. The Morgan fingerprint density at radius 3 is 2.81 bits per heavy atom. The van der Waals surface area contributed by atoms with E-state index in [4.69, 9.17) is 0 Å². The van der Waals surface area contributed by atoms with Crippen LogP contribution in [0.15, 0.2) is 12.3 Å². The molecular weight excluding hydrogens is 328 g/mol. The maximum absolute atomic E-state index is 12.4. The summed E-state index contributed by atoms with van der Waals surface area (Å²) in [4.78, 5) is 19.5. The predicted molar refractivity (Wildman–Crippen MR) is 98.7 cm³/mol. The number of carbonyl (C=O) groups is 1. The van der Waals surface area contributed by atoms with E-state index in [0.29, 0.717) is 11.6 Å². The second kappa shape index (κ2) is 6.87. The van der Waals surface area contributed by atoms with Crippen molar-refractivity contribution < 1.29 is 4.79 Å². The van der Waals surface area contributed by atoms with Gasteiger partial charge in [-0.15, -0.1) is 0 Å². The number of aromatic nitrogens is 4. The van der Waals surface area contributed by atoms with Crippen LogP contribution >= 0.6 is 0 Å². The lowest BCUT2D eigenvalue weighted by Gasteiger charge is -2.33. The van der Waals surface area contributed by atoms with E-state index >= 15 is 0 Å². The Morgan fingerprint density at radius 1 is 1.35 bits per heavy atom. The molecule has 0 saturated heterocycles. The molecule has 2 aromatic rings. The van der Waals surface area contributed by atoms with Crippen molar-refractivity contribution in [2.45, 2.75) is 52.2 Å². The smallest absolute Gasteiger partial charge is 0.271 e. The molecule has 0 unspecified atom stereocenters. The van der Waals surface area contributed by atoms with Crippen molar-refractivity contribution in [1.82, 2.24) is 29.5 Å². The van der Waals surface area contributed by atoms with Crippen LogP contribution in [0.4, 0.5) is 0 Å². The molecule has 0 bridgehead atoms. The molecule has 7 heteroatoms. The van der Waals surface area contributed by atoms with Gasteiger partial charge in [0.25, 0.3) is 5.91 Å². The molecular formula is C19H28N6O. The lowest BCUT2D eigenvalue weighted by atomic mass is 9.85. The van der Waals surface area contributed by atoms with Crippen LogP contribution < -0.4 is 5.32 Å². The number of hydrogen-bond acceptors (Lipinski definition) is 4. The first kappa shape index (κ1) is 17.3. The standard InChI is InChI=1S/C19H28N6O/c1-13-9-16(23(3)22-13)11-24-7-8-25-12-17(21-18(25)14(24)2)19(26)20-10-15-5-4-6-15/h9,12,14-15H,4-8,10-11H2,1-3H3,(H,20,26)/t14-/m1/s1. The minimum Gasteiger partial charge on any atom is -0.350 e. The van der Waals surface area contributed by atoms with E-state index in [1.54, 1.807) is 0 Å². The monoisotopic (exact) mass is 356 g/mol. The zero-order chi connectivity index (χ0) is 18.3. The Kier molecular flexibility index (Phi) is 4.56. The fraction of sp³-hybridized carbons (Fsp3) is 0.632. The summed E-state index contributed by atoms with van der Waals surface area (Å²) >= 11 is 0. The summed E-state index contributed by atoms with van der Waals surface area (Å²) in [5, 5.41) is 7.48. The minimum absolute atomic E-state index is 0.0418. The van der Waals surface area contributed by atoms with Crippen LogP contribution in [-0.4, -0.2) is 43.2 Å². The average Bonchev–Trinajstić information content (AvgIpc) is 3.12. The number of rotatable bonds is 5. The van der Waals surface area contributed by atoms with Crippen LogP contribution in [0.5, 0.6) is 0 Å². The molecule has 0 aromatic carbocycles. The van der Waals surface area contributed by atoms with Gasteiger partial charge in [0.15, 0.2) is 0 Å². The number of hydrogen-bond donors (Lipinski definition) is 1. The first-order valence-corrected chi connectivity index (χ1v) is 9.60. The second-order valence-electron chi connectivity index (χ2n) is 7.73. The zero-order valence-corrected chi connectivity index (χ0v) is 15.9. The Bertz CT molecular complexity index is 803. The third-order valence-corrected chi connectivity index (χ3v) is 5.83. The lowest BCUT2D eigenvalue weighted by Crippen LogP contribution is -2.36. The fourth-order valence-corrected chi connectivity index (χ4v) is 3.91. The van der Waals surface area contributed by atoms with Crippen LogP contribution in [0.1, 0.15) is 59.9 Å². The molecule has 1 saturated carbocycles. The van der Waals surface area contributed by atoms with Crippen molar-refractivity contribution >= 4 is 5.91 Å². The number of nitrogens with one attached hydrogen (secondary N) is 1. The summed E-state index contributed by atoms with van der Waals surface area (Å²) in [6.45, 7) is 7.61. The number of aryl methyl sites for hydroxylation is 2. The molecule has 7 nitrogen and oxygen atoms in total. The highest BCUT2D eigenvalue weighted by Gasteiger charge is 2.28. The van der Waals surface area contributed by atoms with Gasteiger partial charge in [-0.2, -0.15) is 5.10 Å². The Balaban J connectivity index is 1.44. The van der Waals surface area contributed by atoms with Gasteiger partial charge in [0.05, 0.1) is 17.4 Å². The van der Waals surface area contributed by atoms with Gasteiger partial charge in [0, 0.05) is 39.4 Å². The third-order valence-electron chi connectivity index (χ3n) is 5.83. The minimum atomic E-state index is -0.0418. The molecule has 1 fully saturated rings. The number of nitrogens with zero attached hydrogens (tertiary/aromatic N) is 5. The number of carbonyl (C=O) groups excluding carboxylic acids is 1. The van der Waals surface area contributed by atoms with Gasteiger partial charge >= 0.3 is 0 Å². The van der Waals surface area contributed by atoms with Gasteiger partial charge in [-0.3, -0.25) is 14.4 Å². The van der Waals surface area contributed by atoms with E-state index in [9.17, 15) is 4.79 Å². The van der Waals surface area contributed by atoms with E-state index in [1.165, 1.54) is 25.0 Å². The van der Waals surface area contributed by atoms with Crippen molar-refractivity contribution in [3.63, 3.8) is 0 Å². The summed E-state index contributed by atoms with van der Waals surface area (Å²) in [5.74, 6) is 1.59. The highest BCUT2D eigenvalue weighted by molar-refractivity contribution is 5.92. The van der Waals surface area contributed by atoms with Crippen LogP contribution in [0, 0.1) is 12.8 Å². The molecule has 2 aromatic heterocycles. The summed E-state index contributed by atoms with van der Waals surface area (Å²) in [6.07, 6.45) is 5.68. The first-order chi connectivity index (χ1) is 12.5. The highest BCUT2D eigenvalue weighted by Crippen LogP contribution is 2.27. The van der Waals surface area contributed by atoms with E-state index in [0.717, 1.165) is 37.7 Å². The van der Waals surface area contributed by atoms with E-state index in [1.807, 2.05) is 24.9 Å². The average molecular weight is 356 g/mol. The zero-order valence-electron chi connectivity index (χ0n) is 15.9. The molecule has 0 radical (unpaired) electrons. The molecule has 1 N–H and O–H groups in total. The molecule has 1 amide bonds. The molecule has 140 valence electrons. The number of imidazole rings is 1. The van der Waals surface area contributed by atoms with E-state index < -0.39 is 0 Å². The maximum Gasteiger partial charge on any atom is 0.271 e. The summed E-state index contributed by atoms with van der Waals surface area (Å²) in [7, 11) is 1.99. The van der Waals surface area contributed by atoms with Crippen molar-refractivity contribution in [3.05, 3.63) is 35.2 Å². The summed E-state index contributed by atoms with van der Waals surface area (Å²) in [5.41, 5.74) is 2.79. The molecule has 4 rings (SSSR count). The van der Waals surface area contributed by atoms with Gasteiger partial charge in [-0.05, 0) is 38.7 Å². The molecule has 2 aliphatic rings. The predicted octanol–water partition coefficient (Wildman–Crippen LogP) is 2.03. The number of fused-ring (bicyclic) bond motifs is 1. The molecule has 1 atom stereocenters. The van der Waals surface area contributed by atoms with Crippen LogP contribution in [0.25, 0.3) is 0 Å². The molecule has 1 aliphatic heterocycles. The quantitative estimate of drug-likeness (QED) is 0.890. The topological polar surface area (TPSA) is 68.0 Å². The van der Waals surface area contributed by atoms with Crippen molar-refractivity contribution in [2.75, 3.05) is 13.1 Å². The van der Waals surface area contributed by atoms with Gasteiger partial charge in [0.2, 0.25) is 0 Å². The first-order valence-electron chi connectivity index (χ1n) is 9.60. The van der Waals surface area contributed by atoms with Gasteiger partial charge in [0.1, 0.15) is 11.5 Å². The van der Waals surface area contributed by atoms with Gasteiger partial charge in [-0.25, -0.2) is 4.98 Å². The lowest BCUT2D eigenvalue weighted by molar-refractivity contribution is 0.0934. The SMILES string of the molecule is Cc1cc(CN2CCn3cc(C(=O)NCC4CCC4)nc3[C@H]2C)n(C)n1. The van der Waals surface area contributed by atoms with Crippen LogP contribution in [-0.2, 0) is 20.1 Å². The summed E-state index contributed by atoms with van der Waals surface area (Å²) < 4.78 is 4.08. The Morgan fingerprint density at radius 2 is 2.15 bits per heavy atom. The van der Waals surface area contributed by atoms with Gasteiger partial charge in [-0.1, -0.05) is 6.42 Å². The molecule has 0 spiro atoms. The molecule has 3 heterocycles. The highest BCUT2D eigenvalue weighted by atomic mass is 16.1. The van der Waals surface area contributed by atoms with Crippen LogP contribution in [0.3, 0.4) is 0 Å². The normalized spacial score (nSPS) is 20.7. The Labute approximate surface area is 154 Å². The van der Waals surface area contributed by atoms with Crippen molar-refractivity contribution in [3.8, 4) is 0 Å². The van der Waals surface area contributed by atoms with Gasteiger partial charge < -0.3 is 9.88 Å². The second-order valence-corrected chi connectivity index (χ2v) is 7.73. The largest absolute Gasteiger partial charge is 0.350 e. The van der Waals surface area contributed by atoms with E-state index in [2.05, 4.69) is 37.9 Å².